The number of carboxylic acids is 1. The summed E-state index contributed by atoms with van der Waals surface area (Å²) in [6.45, 7) is 2.71. The summed E-state index contributed by atoms with van der Waals surface area (Å²) in [5.41, 5.74) is 2.27. The molecule has 0 fully saturated rings. The van der Waals surface area contributed by atoms with Crippen molar-refractivity contribution >= 4 is 11.9 Å². The molecule has 0 unspecified atom stereocenters. The van der Waals surface area contributed by atoms with Gasteiger partial charge in [-0.2, -0.15) is 0 Å². The summed E-state index contributed by atoms with van der Waals surface area (Å²) < 4.78 is 0. The standard InChI is InChI=1S/C16H23NO3/c1-2-13-7-6-8-14(11-13)12-15(18)17-10-5-3-4-9-16(19)20/h6-8,11H,2-5,9-10,12H2,1H3,(H,17,18)(H,19,20). The Labute approximate surface area is 120 Å². The number of aliphatic carboxylic acids is 1. The molecule has 1 aromatic carbocycles. The molecule has 110 valence electrons. The summed E-state index contributed by atoms with van der Waals surface area (Å²) in [5.74, 6) is -0.735. The number of hydrogen-bond donors (Lipinski definition) is 2. The molecule has 0 saturated carbocycles. The number of carboxylic acid groups (broad SMARTS) is 1. The van der Waals surface area contributed by atoms with Crippen molar-refractivity contribution in [2.24, 2.45) is 0 Å². The summed E-state index contributed by atoms with van der Waals surface area (Å²) in [5, 5.41) is 11.4. The molecule has 0 aromatic heterocycles. The Bertz CT molecular complexity index is 443. The van der Waals surface area contributed by atoms with Crippen LogP contribution in [0.5, 0.6) is 0 Å². The Morgan fingerprint density at radius 1 is 1.15 bits per heavy atom. The molecule has 1 rings (SSSR count). The first-order valence-electron chi connectivity index (χ1n) is 7.18. The summed E-state index contributed by atoms with van der Waals surface area (Å²) in [6, 6.07) is 8.06. The van der Waals surface area contributed by atoms with Gasteiger partial charge in [0, 0.05) is 13.0 Å². The van der Waals surface area contributed by atoms with Crippen LogP contribution in [-0.2, 0) is 22.4 Å². The Morgan fingerprint density at radius 2 is 1.90 bits per heavy atom. The number of unbranched alkanes of at least 4 members (excludes halogenated alkanes) is 2. The molecule has 0 heterocycles. The first kappa shape index (κ1) is 16.2. The van der Waals surface area contributed by atoms with E-state index in [1.807, 2.05) is 12.1 Å². The molecule has 0 spiro atoms. The van der Waals surface area contributed by atoms with Crippen molar-refractivity contribution in [1.82, 2.24) is 5.32 Å². The molecule has 0 radical (unpaired) electrons. The molecule has 0 saturated heterocycles. The predicted molar refractivity (Wildman–Crippen MR) is 78.6 cm³/mol. The molecule has 2 N–H and O–H groups in total. The average molecular weight is 277 g/mol. The number of carbonyl (C=O) groups is 2. The number of nitrogens with one attached hydrogen (secondary N) is 1. The second-order valence-corrected chi connectivity index (χ2v) is 4.90. The third-order valence-electron chi connectivity index (χ3n) is 3.15. The number of carbonyl (C=O) groups excluding carboxylic acids is 1. The van der Waals surface area contributed by atoms with Gasteiger partial charge < -0.3 is 10.4 Å². The van der Waals surface area contributed by atoms with Gasteiger partial charge in [0.25, 0.3) is 0 Å². The van der Waals surface area contributed by atoms with Crippen molar-refractivity contribution < 1.29 is 14.7 Å². The minimum atomic E-state index is -0.759. The molecule has 0 aliphatic carbocycles. The topological polar surface area (TPSA) is 66.4 Å². The highest BCUT2D eigenvalue weighted by Gasteiger charge is 2.03. The fourth-order valence-electron chi connectivity index (χ4n) is 2.01. The number of rotatable bonds is 9. The van der Waals surface area contributed by atoms with Crippen LogP contribution in [0.15, 0.2) is 24.3 Å². The number of hydrogen-bond acceptors (Lipinski definition) is 2. The van der Waals surface area contributed by atoms with Crippen molar-refractivity contribution in [1.29, 1.82) is 0 Å². The van der Waals surface area contributed by atoms with Crippen LogP contribution in [0.2, 0.25) is 0 Å². The zero-order chi connectivity index (χ0) is 14.8. The summed E-state index contributed by atoms with van der Waals surface area (Å²) in [7, 11) is 0. The van der Waals surface area contributed by atoms with Crippen molar-refractivity contribution in [3.05, 3.63) is 35.4 Å². The van der Waals surface area contributed by atoms with Crippen LogP contribution in [0, 0.1) is 0 Å². The van der Waals surface area contributed by atoms with Crippen LogP contribution in [0.1, 0.15) is 43.7 Å². The Balaban J connectivity index is 2.18. The molecule has 0 bridgehead atoms. The zero-order valence-corrected chi connectivity index (χ0v) is 12.0. The zero-order valence-electron chi connectivity index (χ0n) is 12.0. The molecular formula is C16H23NO3. The fraction of sp³-hybridized carbons (Fsp3) is 0.500. The SMILES string of the molecule is CCc1cccc(CC(=O)NCCCCCC(=O)O)c1. The van der Waals surface area contributed by atoms with E-state index in [0.717, 1.165) is 24.8 Å². The molecule has 20 heavy (non-hydrogen) atoms. The fourth-order valence-corrected chi connectivity index (χ4v) is 2.01. The highest BCUT2D eigenvalue weighted by Crippen LogP contribution is 2.06. The van der Waals surface area contributed by atoms with Crippen LogP contribution in [0.3, 0.4) is 0 Å². The van der Waals surface area contributed by atoms with Gasteiger partial charge in [0.2, 0.25) is 5.91 Å². The van der Waals surface area contributed by atoms with Gasteiger partial charge in [0.1, 0.15) is 0 Å². The highest BCUT2D eigenvalue weighted by atomic mass is 16.4. The first-order valence-corrected chi connectivity index (χ1v) is 7.18. The Hall–Kier alpha value is -1.84. The van der Waals surface area contributed by atoms with E-state index in [-0.39, 0.29) is 12.3 Å². The minimum absolute atomic E-state index is 0.0245. The second kappa shape index (κ2) is 9.13. The van der Waals surface area contributed by atoms with Gasteiger partial charge in [0.05, 0.1) is 6.42 Å². The second-order valence-electron chi connectivity index (χ2n) is 4.90. The lowest BCUT2D eigenvalue weighted by atomic mass is 10.1. The Morgan fingerprint density at radius 3 is 2.60 bits per heavy atom. The molecule has 0 aliphatic rings. The molecular weight excluding hydrogens is 254 g/mol. The van der Waals surface area contributed by atoms with Gasteiger partial charge in [0.15, 0.2) is 0 Å². The van der Waals surface area contributed by atoms with Gasteiger partial charge in [-0.1, -0.05) is 37.6 Å². The third kappa shape index (κ3) is 6.92. The van der Waals surface area contributed by atoms with E-state index in [1.54, 1.807) is 0 Å². The normalized spacial score (nSPS) is 10.2. The molecule has 0 atom stereocenters. The lowest BCUT2D eigenvalue weighted by Crippen LogP contribution is -2.26. The molecule has 1 aromatic rings. The summed E-state index contributed by atoms with van der Waals surface area (Å²) in [6.07, 6.45) is 3.91. The maximum absolute atomic E-state index is 11.7. The number of aryl methyl sites for hydroxylation is 1. The van der Waals surface area contributed by atoms with E-state index < -0.39 is 5.97 Å². The van der Waals surface area contributed by atoms with Gasteiger partial charge in [-0.3, -0.25) is 9.59 Å². The summed E-state index contributed by atoms with van der Waals surface area (Å²) >= 11 is 0. The van der Waals surface area contributed by atoms with Crippen LogP contribution in [0.4, 0.5) is 0 Å². The first-order chi connectivity index (χ1) is 9.61. The lowest BCUT2D eigenvalue weighted by Gasteiger charge is -2.06. The average Bonchev–Trinajstić information content (AvgIpc) is 2.42. The van der Waals surface area contributed by atoms with Gasteiger partial charge in [-0.05, 0) is 30.4 Å². The van der Waals surface area contributed by atoms with E-state index in [4.69, 9.17) is 5.11 Å². The monoisotopic (exact) mass is 277 g/mol. The van der Waals surface area contributed by atoms with Crippen LogP contribution in [-0.4, -0.2) is 23.5 Å². The van der Waals surface area contributed by atoms with Crippen molar-refractivity contribution in [3.8, 4) is 0 Å². The smallest absolute Gasteiger partial charge is 0.303 e. The van der Waals surface area contributed by atoms with Crippen LogP contribution in [0.25, 0.3) is 0 Å². The van der Waals surface area contributed by atoms with E-state index in [9.17, 15) is 9.59 Å². The van der Waals surface area contributed by atoms with Crippen molar-refractivity contribution in [2.75, 3.05) is 6.54 Å². The van der Waals surface area contributed by atoms with Crippen LogP contribution >= 0.6 is 0 Å². The van der Waals surface area contributed by atoms with E-state index in [1.165, 1.54) is 5.56 Å². The highest BCUT2D eigenvalue weighted by molar-refractivity contribution is 5.78. The maximum Gasteiger partial charge on any atom is 0.303 e. The Kier molecular flexibility index (Phi) is 7.40. The van der Waals surface area contributed by atoms with Crippen molar-refractivity contribution in [2.45, 2.75) is 45.4 Å². The molecule has 0 aliphatic heterocycles. The molecule has 1 amide bonds. The number of benzene rings is 1. The van der Waals surface area contributed by atoms with E-state index >= 15 is 0 Å². The molecule has 4 heteroatoms. The number of amides is 1. The largest absolute Gasteiger partial charge is 0.481 e. The van der Waals surface area contributed by atoms with E-state index in [2.05, 4.69) is 24.4 Å². The third-order valence-corrected chi connectivity index (χ3v) is 3.15. The maximum atomic E-state index is 11.7. The minimum Gasteiger partial charge on any atom is -0.481 e. The summed E-state index contributed by atoms with van der Waals surface area (Å²) in [4.78, 5) is 22.1. The lowest BCUT2D eigenvalue weighted by molar-refractivity contribution is -0.137. The molecule has 4 nitrogen and oxygen atoms in total. The van der Waals surface area contributed by atoms with Gasteiger partial charge in [-0.25, -0.2) is 0 Å². The quantitative estimate of drug-likeness (QED) is 0.682. The van der Waals surface area contributed by atoms with Gasteiger partial charge >= 0.3 is 5.97 Å². The predicted octanol–water partition coefficient (Wildman–Crippen LogP) is 2.55. The van der Waals surface area contributed by atoms with Crippen LogP contribution < -0.4 is 5.32 Å². The van der Waals surface area contributed by atoms with E-state index in [0.29, 0.717) is 19.4 Å². The van der Waals surface area contributed by atoms with Gasteiger partial charge in [-0.15, -0.1) is 0 Å². The van der Waals surface area contributed by atoms with Crippen molar-refractivity contribution in [3.63, 3.8) is 0 Å².